The molecular formula is C20H21ClN6. The monoisotopic (exact) mass is 380 g/mol. The summed E-state index contributed by atoms with van der Waals surface area (Å²) >= 11 is 6.14. The molecule has 4 rings (SSSR count). The topological polar surface area (TPSA) is 68.5 Å². The van der Waals surface area contributed by atoms with E-state index in [0.717, 1.165) is 33.9 Å². The number of pyridine rings is 1. The Balaban J connectivity index is 1.74. The average Bonchev–Trinajstić information content (AvgIpc) is 3.10. The lowest BCUT2D eigenvalue weighted by Crippen LogP contribution is -2.12. The average molecular weight is 381 g/mol. The van der Waals surface area contributed by atoms with Gasteiger partial charge in [0.1, 0.15) is 11.0 Å². The van der Waals surface area contributed by atoms with Gasteiger partial charge < -0.3 is 5.32 Å². The van der Waals surface area contributed by atoms with E-state index in [9.17, 15) is 0 Å². The Morgan fingerprint density at radius 2 is 1.93 bits per heavy atom. The lowest BCUT2D eigenvalue weighted by Gasteiger charge is -2.18. The van der Waals surface area contributed by atoms with Gasteiger partial charge in [0.2, 0.25) is 5.28 Å². The van der Waals surface area contributed by atoms with E-state index in [4.69, 9.17) is 11.6 Å². The second-order valence-electron chi connectivity index (χ2n) is 6.75. The summed E-state index contributed by atoms with van der Waals surface area (Å²) in [6, 6.07) is 10.5. The quantitative estimate of drug-likeness (QED) is 0.483. The predicted molar refractivity (Wildman–Crippen MR) is 109 cm³/mol. The van der Waals surface area contributed by atoms with Gasteiger partial charge in [-0.25, -0.2) is 4.98 Å². The van der Waals surface area contributed by atoms with Crippen LogP contribution < -0.4 is 5.32 Å². The van der Waals surface area contributed by atoms with Crippen molar-refractivity contribution in [2.75, 3.05) is 5.32 Å². The number of nitrogens with one attached hydrogen (secondary N) is 1. The van der Waals surface area contributed by atoms with E-state index in [2.05, 4.69) is 58.3 Å². The minimum atomic E-state index is -0.00319. The van der Waals surface area contributed by atoms with Crippen LogP contribution in [-0.2, 0) is 0 Å². The van der Waals surface area contributed by atoms with Gasteiger partial charge in [-0.15, -0.1) is 0 Å². The number of benzene rings is 1. The van der Waals surface area contributed by atoms with Gasteiger partial charge in [-0.2, -0.15) is 10.1 Å². The van der Waals surface area contributed by atoms with Crippen molar-refractivity contribution in [2.45, 2.75) is 39.3 Å². The summed E-state index contributed by atoms with van der Waals surface area (Å²) in [5, 5.41) is 9.28. The highest BCUT2D eigenvalue weighted by molar-refractivity contribution is 6.28. The molecule has 0 bridgehead atoms. The molecule has 3 heterocycles. The van der Waals surface area contributed by atoms with Gasteiger partial charge in [0.05, 0.1) is 17.8 Å². The first-order valence-electron chi connectivity index (χ1n) is 9.08. The Bertz CT molecular complexity index is 1110. The minimum Gasteiger partial charge on any atom is -0.362 e. The Morgan fingerprint density at radius 1 is 1.11 bits per heavy atom. The van der Waals surface area contributed by atoms with E-state index in [-0.39, 0.29) is 17.4 Å². The van der Waals surface area contributed by atoms with Crippen LogP contribution >= 0.6 is 11.6 Å². The van der Waals surface area contributed by atoms with Crippen molar-refractivity contribution in [3.63, 3.8) is 0 Å². The first kappa shape index (κ1) is 17.7. The molecule has 2 atom stereocenters. The second-order valence-corrected chi connectivity index (χ2v) is 7.09. The molecular weight excluding hydrogens is 360 g/mol. The summed E-state index contributed by atoms with van der Waals surface area (Å²) in [6.07, 6.45) is 4.59. The molecule has 0 aliphatic heterocycles. The van der Waals surface area contributed by atoms with E-state index in [1.54, 1.807) is 6.20 Å². The maximum atomic E-state index is 6.14. The molecule has 6 nitrogen and oxygen atoms in total. The third-order valence-electron chi connectivity index (χ3n) is 4.89. The van der Waals surface area contributed by atoms with Crippen molar-refractivity contribution >= 4 is 39.4 Å². The number of nitrogens with zero attached hydrogens (tertiary/aromatic N) is 5. The molecule has 1 N–H and O–H groups in total. The summed E-state index contributed by atoms with van der Waals surface area (Å²) in [7, 11) is 0. The zero-order chi connectivity index (χ0) is 19.0. The summed E-state index contributed by atoms with van der Waals surface area (Å²) in [5.41, 5.74) is 3.66. The zero-order valence-electron chi connectivity index (χ0n) is 15.5. The van der Waals surface area contributed by atoms with Crippen molar-refractivity contribution in [1.29, 1.82) is 0 Å². The number of rotatable bonds is 5. The minimum absolute atomic E-state index is 0.00319. The van der Waals surface area contributed by atoms with Crippen LogP contribution in [0.3, 0.4) is 0 Å². The number of para-hydroxylation sites is 1. The first-order valence-corrected chi connectivity index (χ1v) is 9.46. The molecule has 3 aromatic heterocycles. The van der Waals surface area contributed by atoms with Crippen LogP contribution in [0.4, 0.5) is 5.82 Å². The zero-order valence-corrected chi connectivity index (χ0v) is 16.3. The Morgan fingerprint density at radius 3 is 2.74 bits per heavy atom. The molecule has 0 aliphatic carbocycles. The van der Waals surface area contributed by atoms with Gasteiger partial charge in [0, 0.05) is 17.6 Å². The van der Waals surface area contributed by atoms with Crippen molar-refractivity contribution in [3.05, 3.63) is 53.6 Å². The van der Waals surface area contributed by atoms with Crippen LogP contribution in [0.25, 0.3) is 21.9 Å². The van der Waals surface area contributed by atoms with E-state index in [1.807, 2.05) is 29.1 Å². The predicted octanol–water partition coefficient (Wildman–Crippen LogP) is 5.17. The summed E-state index contributed by atoms with van der Waals surface area (Å²) in [4.78, 5) is 13.3. The lowest BCUT2D eigenvalue weighted by atomic mass is 10.1. The van der Waals surface area contributed by atoms with Gasteiger partial charge in [-0.3, -0.25) is 9.67 Å². The van der Waals surface area contributed by atoms with Crippen molar-refractivity contribution in [2.24, 2.45) is 0 Å². The maximum Gasteiger partial charge on any atom is 0.225 e. The van der Waals surface area contributed by atoms with E-state index in [0.29, 0.717) is 5.82 Å². The number of aromatic nitrogens is 5. The van der Waals surface area contributed by atoms with Gasteiger partial charge in [0.25, 0.3) is 0 Å². The van der Waals surface area contributed by atoms with Crippen molar-refractivity contribution < 1.29 is 0 Å². The third kappa shape index (κ3) is 3.32. The highest BCUT2D eigenvalue weighted by Crippen LogP contribution is 2.29. The van der Waals surface area contributed by atoms with Crippen LogP contribution in [0.15, 0.2) is 42.7 Å². The molecule has 138 valence electrons. The first-order chi connectivity index (χ1) is 13.1. The molecule has 0 radical (unpaired) electrons. The second kappa shape index (κ2) is 7.12. The third-order valence-corrected chi connectivity index (χ3v) is 5.06. The molecule has 0 amide bonds. The maximum absolute atomic E-state index is 6.14. The fourth-order valence-corrected chi connectivity index (χ4v) is 3.33. The molecule has 1 aromatic carbocycles. The lowest BCUT2D eigenvalue weighted by molar-refractivity contribution is 0.493. The molecule has 0 saturated carbocycles. The van der Waals surface area contributed by atoms with Gasteiger partial charge in [-0.05, 0) is 49.6 Å². The molecule has 0 spiro atoms. The van der Waals surface area contributed by atoms with Crippen LogP contribution in [-0.4, -0.2) is 24.7 Å². The molecule has 7 heteroatoms. The van der Waals surface area contributed by atoms with Crippen LogP contribution in [0.5, 0.6) is 0 Å². The SMILES string of the molecule is CCC(C)n1ncc2nc(Cl)nc(N[C@H](C)c3cnc4ccccc4c3)c21. The fourth-order valence-electron chi connectivity index (χ4n) is 3.16. The highest BCUT2D eigenvalue weighted by Gasteiger charge is 2.18. The molecule has 4 aromatic rings. The van der Waals surface area contributed by atoms with Gasteiger partial charge in [-0.1, -0.05) is 25.1 Å². The van der Waals surface area contributed by atoms with E-state index in [1.165, 1.54) is 0 Å². The Kier molecular flexibility index (Phi) is 4.66. The molecule has 0 saturated heterocycles. The number of anilines is 1. The van der Waals surface area contributed by atoms with Crippen molar-refractivity contribution in [3.8, 4) is 0 Å². The summed E-state index contributed by atoms with van der Waals surface area (Å²) in [6.45, 7) is 6.34. The standard InChI is InChI=1S/C20H21ClN6/c1-4-12(2)27-18-17(11-23-27)25-20(21)26-19(18)24-13(3)15-9-14-7-5-6-8-16(14)22-10-15/h5-13H,4H2,1-3H3,(H,24,25,26)/t12?,13-/m1/s1. The van der Waals surface area contributed by atoms with E-state index < -0.39 is 0 Å². The summed E-state index contributed by atoms with van der Waals surface area (Å²) < 4.78 is 1.96. The largest absolute Gasteiger partial charge is 0.362 e. The Hall–Kier alpha value is -2.73. The fraction of sp³-hybridized carbons (Fsp3) is 0.300. The highest BCUT2D eigenvalue weighted by atomic mass is 35.5. The van der Waals surface area contributed by atoms with Gasteiger partial charge >= 0.3 is 0 Å². The molecule has 1 unspecified atom stereocenters. The number of fused-ring (bicyclic) bond motifs is 2. The smallest absolute Gasteiger partial charge is 0.225 e. The molecule has 0 aliphatic rings. The van der Waals surface area contributed by atoms with E-state index >= 15 is 0 Å². The number of hydrogen-bond acceptors (Lipinski definition) is 5. The van der Waals surface area contributed by atoms with Crippen LogP contribution in [0, 0.1) is 0 Å². The number of hydrogen-bond donors (Lipinski definition) is 1. The number of halogens is 1. The Labute approximate surface area is 162 Å². The van der Waals surface area contributed by atoms with Crippen LogP contribution in [0.1, 0.15) is 44.8 Å². The van der Waals surface area contributed by atoms with Crippen LogP contribution in [0.2, 0.25) is 5.28 Å². The van der Waals surface area contributed by atoms with Crippen molar-refractivity contribution in [1.82, 2.24) is 24.7 Å². The molecule has 27 heavy (non-hydrogen) atoms. The normalized spacial score (nSPS) is 13.8. The summed E-state index contributed by atoms with van der Waals surface area (Å²) in [5.74, 6) is 0.684. The molecule has 0 fully saturated rings. The van der Waals surface area contributed by atoms with Gasteiger partial charge in [0.15, 0.2) is 5.82 Å².